The Kier molecular flexibility index (Phi) is 6.50. The summed E-state index contributed by atoms with van der Waals surface area (Å²) >= 11 is 1.66. The van der Waals surface area contributed by atoms with Crippen molar-refractivity contribution in [3.8, 4) is 0 Å². The highest BCUT2D eigenvalue weighted by Gasteiger charge is 2.19. The number of hydrogen-bond acceptors (Lipinski definition) is 3. The van der Waals surface area contributed by atoms with Gasteiger partial charge in [-0.25, -0.2) is 0 Å². The average molecular weight is 331 g/mol. The SMILES string of the molecule is CC(=O)[C@@H](Cc1ccccc1)NC(=O)C[NH+](C)Cc1ccsc1. The molecule has 2 rings (SSSR count). The highest BCUT2D eigenvalue weighted by molar-refractivity contribution is 7.07. The number of carbonyl (C=O) groups is 2. The molecule has 4 nitrogen and oxygen atoms in total. The highest BCUT2D eigenvalue weighted by Crippen LogP contribution is 2.04. The molecule has 0 aliphatic rings. The van der Waals surface area contributed by atoms with E-state index in [1.54, 1.807) is 11.3 Å². The van der Waals surface area contributed by atoms with Crippen LogP contribution in [0, 0.1) is 0 Å². The van der Waals surface area contributed by atoms with Crippen molar-refractivity contribution in [3.05, 3.63) is 58.3 Å². The number of amides is 1. The number of quaternary nitrogens is 1. The summed E-state index contributed by atoms with van der Waals surface area (Å²) in [6.07, 6.45) is 0.533. The molecule has 0 spiro atoms. The Bertz CT molecular complexity index is 626. The first-order valence-corrected chi connectivity index (χ1v) is 8.65. The van der Waals surface area contributed by atoms with E-state index in [2.05, 4.69) is 16.8 Å². The van der Waals surface area contributed by atoms with Crippen LogP contribution in [0.25, 0.3) is 0 Å². The smallest absolute Gasteiger partial charge is 0.275 e. The van der Waals surface area contributed by atoms with Gasteiger partial charge in [-0.3, -0.25) is 9.59 Å². The fourth-order valence-corrected chi connectivity index (χ4v) is 3.14. The standard InChI is InChI=1S/C18H22N2O2S/c1-14(21)17(10-15-6-4-3-5-7-15)19-18(22)12-20(2)11-16-8-9-23-13-16/h3-9,13,17H,10-12H2,1-2H3,(H,19,22)/p+1/t17-/m1/s1. The zero-order valence-electron chi connectivity index (χ0n) is 13.5. The molecule has 0 saturated heterocycles. The first-order chi connectivity index (χ1) is 11.0. The van der Waals surface area contributed by atoms with Gasteiger partial charge in [-0.05, 0) is 35.7 Å². The molecule has 1 unspecified atom stereocenters. The average Bonchev–Trinajstić information content (AvgIpc) is 3.00. The maximum atomic E-state index is 12.2. The number of hydrogen-bond donors (Lipinski definition) is 2. The molecule has 23 heavy (non-hydrogen) atoms. The van der Waals surface area contributed by atoms with Gasteiger partial charge in [0.2, 0.25) is 0 Å². The molecule has 122 valence electrons. The van der Waals surface area contributed by atoms with Gasteiger partial charge >= 0.3 is 0 Å². The number of thiophene rings is 1. The van der Waals surface area contributed by atoms with Crippen LogP contribution < -0.4 is 10.2 Å². The van der Waals surface area contributed by atoms with Crippen LogP contribution >= 0.6 is 11.3 Å². The van der Waals surface area contributed by atoms with E-state index >= 15 is 0 Å². The third-order valence-corrected chi connectivity index (χ3v) is 4.39. The first-order valence-electron chi connectivity index (χ1n) is 7.70. The molecule has 0 saturated carbocycles. The second-order valence-corrected chi connectivity index (χ2v) is 6.64. The zero-order valence-corrected chi connectivity index (χ0v) is 14.4. The van der Waals surface area contributed by atoms with Crippen molar-refractivity contribution in [2.75, 3.05) is 13.6 Å². The van der Waals surface area contributed by atoms with E-state index in [1.807, 2.05) is 42.8 Å². The van der Waals surface area contributed by atoms with Crippen LogP contribution in [0.5, 0.6) is 0 Å². The fourth-order valence-electron chi connectivity index (χ4n) is 2.47. The van der Waals surface area contributed by atoms with Gasteiger partial charge in [0.25, 0.3) is 5.91 Å². The van der Waals surface area contributed by atoms with Crippen molar-refractivity contribution in [2.24, 2.45) is 0 Å². The van der Waals surface area contributed by atoms with E-state index in [0.29, 0.717) is 13.0 Å². The molecular formula is C18H23N2O2S+. The Balaban J connectivity index is 1.86. The van der Waals surface area contributed by atoms with Gasteiger partial charge in [-0.15, -0.1) is 0 Å². The third kappa shape index (κ3) is 5.96. The van der Waals surface area contributed by atoms with Crippen LogP contribution in [0.15, 0.2) is 47.2 Å². The molecule has 1 heterocycles. The second kappa shape index (κ2) is 8.60. The molecule has 1 amide bonds. The molecule has 1 aromatic heterocycles. The molecular weight excluding hydrogens is 308 g/mol. The minimum Gasteiger partial charge on any atom is -0.341 e. The monoisotopic (exact) mass is 331 g/mol. The molecule has 0 fully saturated rings. The topological polar surface area (TPSA) is 50.6 Å². The Hall–Kier alpha value is -1.98. The van der Waals surface area contributed by atoms with E-state index in [9.17, 15) is 9.59 Å². The summed E-state index contributed by atoms with van der Waals surface area (Å²) in [6.45, 7) is 2.69. The maximum absolute atomic E-state index is 12.2. The summed E-state index contributed by atoms with van der Waals surface area (Å²) in [5, 5.41) is 7.00. The molecule has 5 heteroatoms. The Morgan fingerprint density at radius 3 is 2.52 bits per heavy atom. The maximum Gasteiger partial charge on any atom is 0.275 e. The summed E-state index contributed by atoms with van der Waals surface area (Å²) in [5.74, 6) is -0.105. The minimum atomic E-state index is -0.459. The zero-order chi connectivity index (χ0) is 16.7. The van der Waals surface area contributed by atoms with Gasteiger partial charge in [0.05, 0.1) is 13.1 Å². The van der Waals surface area contributed by atoms with E-state index in [-0.39, 0.29) is 11.7 Å². The Labute approximate surface area is 141 Å². The quantitative estimate of drug-likeness (QED) is 0.760. The number of ketones is 1. The van der Waals surface area contributed by atoms with Crippen LogP contribution in [-0.4, -0.2) is 31.3 Å². The van der Waals surface area contributed by atoms with Crippen molar-refractivity contribution in [1.82, 2.24) is 5.32 Å². The largest absolute Gasteiger partial charge is 0.341 e. The van der Waals surface area contributed by atoms with E-state index in [1.165, 1.54) is 12.5 Å². The Morgan fingerprint density at radius 2 is 1.91 bits per heavy atom. The fraction of sp³-hybridized carbons (Fsp3) is 0.333. The second-order valence-electron chi connectivity index (χ2n) is 5.86. The molecule has 0 aliphatic heterocycles. The van der Waals surface area contributed by atoms with Crippen LogP contribution in [0.4, 0.5) is 0 Å². The minimum absolute atomic E-state index is 0.0160. The molecule has 2 aromatic rings. The lowest BCUT2D eigenvalue weighted by Gasteiger charge is -2.18. The number of likely N-dealkylation sites (N-methyl/N-ethyl adjacent to an activating group) is 1. The predicted octanol–water partition coefficient (Wildman–Crippen LogP) is 1.08. The summed E-state index contributed by atoms with van der Waals surface area (Å²) in [4.78, 5) is 25.1. The summed E-state index contributed by atoms with van der Waals surface area (Å²) in [5.41, 5.74) is 2.28. The lowest BCUT2D eigenvalue weighted by Crippen LogP contribution is -3.09. The molecule has 0 bridgehead atoms. The third-order valence-electron chi connectivity index (χ3n) is 3.66. The van der Waals surface area contributed by atoms with Crippen LogP contribution in [-0.2, 0) is 22.6 Å². The van der Waals surface area contributed by atoms with Crippen molar-refractivity contribution < 1.29 is 14.5 Å². The lowest BCUT2D eigenvalue weighted by molar-refractivity contribution is -0.885. The van der Waals surface area contributed by atoms with Crippen molar-refractivity contribution in [1.29, 1.82) is 0 Å². The number of rotatable bonds is 8. The lowest BCUT2D eigenvalue weighted by atomic mass is 10.0. The number of carbonyl (C=O) groups excluding carboxylic acids is 2. The van der Waals surface area contributed by atoms with Crippen molar-refractivity contribution >= 4 is 23.0 Å². The predicted molar refractivity (Wildman–Crippen MR) is 92.5 cm³/mol. The Morgan fingerprint density at radius 1 is 1.17 bits per heavy atom. The number of Topliss-reactive ketones (excluding diaryl/α,β-unsaturated/α-hetero) is 1. The van der Waals surface area contributed by atoms with Gasteiger partial charge in [0.15, 0.2) is 12.3 Å². The van der Waals surface area contributed by atoms with Crippen molar-refractivity contribution in [3.63, 3.8) is 0 Å². The van der Waals surface area contributed by atoms with Crippen LogP contribution in [0.2, 0.25) is 0 Å². The first kappa shape index (κ1) is 17.4. The van der Waals surface area contributed by atoms with Gasteiger partial charge in [0, 0.05) is 5.56 Å². The summed E-state index contributed by atoms with van der Waals surface area (Å²) in [7, 11) is 1.98. The van der Waals surface area contributed by atoms with E-state index in [0.717, 1.165) is 17.0 Å². The molecule has 0 radical (unpaired) electrons. The van der Waals surface area contributed by atoms with Gasteiger partial charge < -0.3 is 10.2 Å². The van der Waals surface area contributed by atoms with Gasteiger partial charge in [0.1, 0.15) is 6.54 Å². The van der Waals surface area contributed by atoms with Crippen molar-refractivity contribution in [2.45, 2.75) is 25.9 Å². The van der Waals surface area contributed by atoms with Crippen LogP contribution in [0.1, 0.15) is 18.1 Å². The number of benzene rings is 1. The van der Waals surface area contributed by atoms with E-state index in [4.69, 9.17) is 0 Å². The molecule has 2 N–H and O–H groups in total. The van der Waals surface area contributed by atoms with Gasteiger partial charge in [-0.2, -0.15) is 11.3 Å². The summed E-state index contributed by atoms with van der Waals surface area (Å²) in [6, 6.07) is 11.4. The molecule has 0 aliphatic carbocycles. The van der Waals surface area contributed by atoms with Crippen LogP contribution in [0.3, 0.4) is 0 Å². The number of nitrogens with one attached hydrogen (secondary N) is 2. The van der Waals surface area contributed by atoms with E-state index < -0.39 is 6.04 Å². The molecule has 1 aromatic carbocycles. The molecule has 2 atom stereocenters. The van der Waals surface area contributed by atoms with Gasteiger partial charge in [-0.1, -0.05) is 30.3 Å². The normalized spacial score (nSPS) is 13.3. The summed E-state index contributed by atoms with van der Waals surface area (Å²) < 4.78 is 0. The highest BCUT2D eigenvalue weighted by atomic mass is 32.1.